The third-order valence-corrected chi connectivity index (χ3v) is 4.89. The average Bonchev–Trinajstić information content (AvgIpc) is 3.06. The second-order valence-electron chi connectivity index (χ2n) is 5.61. The molecule has 7 heteroatoms. The summed E-state index contributed by atoms with van der Waals surface area (Å²) in [5, 5.41) is 12.0. The van der Waals surface area contributed by atoms with Crippen LogP contribution in [-0.2, 0) is 18.4 Å². The van der Waals surface area contributed by atoms with Crippen molar-refractivity contribution >= 4 is 17.7 Å². The molecular formula is C19H20N4O2S. The van der Waals surface area contributed by atoms with Gasteiger partial charge in [0.25, 0.3) is 0 Å². The van der Waals surface area contributed by atoms with E-state index in [9.17, 15) is 4.79 Å². The highest BCUT2D eigenvalue weighted by molar-refractivity contribution is 7.99. The minimum Gasteiger partial charge on any atom is -0.496 e. The molecule has 0 radical (unpaired) electrons. The normalized spacial score (nSPS) is 10.5. The van der Waals surface area contributed by atoms with Crippen LogP contribution >= 0.6 is 11.8 Å². The standard InChI is InChI=1S/C19H20N4O2S/c1-23-18(14-8-4-3-5-9-14)21-22-19(23)26-13-17(24)20-12-15-10-6-7-11-16(15)25-2/h3-11H,12-13H2,1-2H3,(H,20,24). The van der Waals surface area contributed by atoms with Gasteiger partial charge in [0.1, 0.15) is 5.75 Å². The molecule has 1 amide bonds. The summed E-state index contributed by atoms with van der Waals surface area (Å²) in [6, 6.07) is 17.5. The summed E-state index contributed by atoms with van der Waals surface area (Å²) in [6.45, 7) is 0.428. The maximum atomic E-state index is 12.1. The molecule has 0 saturated heterocycles. The number of methoxy groups -OCH3 is 1. The topological polar surface area (TPSA) is 69.0 Å². The minimum absolute atomic E-state index is 0.0647. The van der Waals surface area contributed by atoms with Crippen LogP contribution in [0, 0.1) is 0 Å². The Kier molecular flexibility index (Phi) is 5.91. The second kappa shape index (κ2) is 8.53. The van der Waals surface area contributed by atoms with Crippen LogP contribution in [0.2, 0.25) is 0 Å². The molecule has 3 rings (SSSR count). The number of amides is 1. The fourth-order valence-electron chi connectivity index (χ4n) is 2.50. The van der Waals surface area contributed by atoms with Crippen molar-refractivity contribution in [2.75, 3.05) is 12.9 Å². The number of nitrogens with one attached hydrogen (secondary N) is 1. The van der Waals surface area contributed by atoms with Gasteiger partial charge in [-0.25, -0.2) is 0 Å². The number of hydrogen-bond acceptors (Lipinski definition) is 5. The maximum absolute atomic E-state index is 12.1. The van der Waals surface area contributed by atoms with E-state index in [0.717, 1.165) is 22.7 Å². The van der Waals surface area contributed by atoms with E-state index in [1.807, 2.05) is 66.2 Å². The zero-order valence-electron chi connectivity index (χ0n) is 14.7. The molecule has 0 fully saturated rings. The molecule has 0 unspecified atom stereocenters. The number of para-hydroxylation sites is 1. The fourth-order valence-corrected chi connectivity index (χ4v) is 3.24. The zero-order valence-corrected chi connectivity index (χ0v) is 15.5. The van der Waals surface area contributed by atoms with Crippen molar-refractivity contribution in [3.05, 3.63) is 60.2 Å². The highest BCUT2D eigenvalue weighted by Crippen LogP contribution is 2.22. The molecule has 1 aromatic heterocycles. The highest BCUT2D eigenvalue weighted by Gasteiger charge is 2.13. The average molecular weight is 368 g/mol. The van der Waals surface area contributed by atoms with E-state index < -0.39 is 0 Å². The first-order valence-electron chi connectivity index (χ1n) is 8.15. The smallest absolute Gasteiger partial charge is 0.230 e. The minimum atomic E-state index is -0.0647. The third kappa shape index (κ3) is 4.23. The first kappa shape index (κ1) is 18.0. The largest absolute Gasteiger partial charge is 0.496 e. The lowest BCUT2D eigenvalue weighted by Crippen LogP contribution is -2.25. The van der Waals surface area contributed by atoms with E-state index >= 15 is 0 Å². The number of carbonyl (C=O) groups excluding carboxylic acids is 1. The Hall–Kier alpha value is -2.80. The van der Waals surface area contributed by atoms with Crippen molar-refractivity contribution in [3.8, 4) is 17.1 Å². The van der Waals surface area contributed by atoms with Gasteiger partial charge in [0.15, 0.2) is 11.0 Å². The van der Waals surface area contributed by atoms with Crippen LogP contribution in [0.25, 0.3) is 11.4 Å². The Bertz CT molecular complexity index is 880. The first-order valence-corrected chi connectivity index (χ1v) is 9.14. The molecule has 1 N–H and O–H groups in total. The molecule has 6 nitrogen and oxygen atoms in total. The van der Waals surface area contributed by atoms with Crippen LogP contribution in [-0.4, -0.2) is 33.5 Å². The number of benzene rings is 2. The van der Waals surface area contributed by atoms with Crippen molar-refractivity contribution < 1.29 is 9.53 Å². The van der Waals surface area contributed by atoms with Gasteiger partial charge < -0.3 is 14.6 Å². The van der Waals surface area contributed by atoms with Gasteiger partial charge in [0.05, 0.1) is 12.9 Å². The van der Waals surface area contributed by atoms with Crippen LogP contribution in [0.5, 0.6) is 5.75 Å². The number of nitrogens with zero attached hydrogens (tertiary/aromatic N) is 3. The molecule has 0 atom stereocenters. The van der Waals surface area contributed by atoms with Crippen molar-refractivity contribution in [1.29, 1.82) is 0 Å². The molecule has 3 aromatic rings. The molecule has 2 aromatic carbocycles. The van der Waals surface area contributed by atoms with Crippen LogP contribution in [0.1, 0.15) is 5.56 Å². The molecule has 0 aliphatic carbocycles. The van der Waals surface area contributed by atoms with E-state index in [1.165, 1.54) is 11.8 Å². The second-order valence-corrected chi connectivity index (χ2v) is 6.55. The Balaban J connectivity index is 1.56. The number of rotatable bonds is 7. The number of ether oxygens (including phenoxy) is 1. The Labute approximate surface area is 156 Å². The summed E-state index contributed by atoms with van der Waals surface area (Å²) in [5.41, 5.74) is 1.94. The van der Waals surface area contributed by atoms with Gasteiger partial charge in [0, 0.05) is 24.7 Å². The molecular weight excluding hydrogens is 348 g/mol. The fraction of sp³-hybridized carbons (Fsp3) is 0.211. The van der Waals surface area contributed by atoms with Gasteiger partial charge in [-0.1, -0.05) is 60.3 Å². The summed E-state index contributed by atoms with van der Waals surface area (Å²) in [6.07, 6.45) is 0. The molecule has 0 bridgehead atoms. The SMILES string of the molecule is COc1ccccc1CNC(=O)CSc1nnc(-c2ccccc2)n1C. The summed E-state index contributed by atoms with van der Waals surface area (Å²) in [7, 11) is 3.52. The maximum Gasteiger partial charge on any atom is 0.230 e. The van der Waals surface area contributed by atoms with Gasteiger partial charge in [-0.05, 0) is 6.07 Å². The van der Waals surface area contributed by atoms with Crippen LogP contribution < -0.4 is 10.1 Å². The highest BCUT2D eigenvalue weighted by atomic mass is 32.2. The summed E-state index contributed by atoms with van der Waals surface area (Å²) in [4.78, 5) is 12.1. The lowest BCUT2D eigenvalue weighted by Gasteiger charge is -2.09. The van der Waals surface area contributed by atoms with E-state index in [2.05, 4.69) is 15.5 Å². The van der Waals surface area contributed by atoms with Gasteiger partial charge in [-0.15, -0.1) is 10.2 Å². The number of hydrogen-bond donors (Lipinski definition) is 1. The van der Waals surface area contributed by atoms with Crippen molar-refractivity contribution in [2.45, 2.75) is 11.7 Å². The van der Waals surface area contributed by atoms with Gasteiger partial charge in [-0.3, -0.25) is 4.79 Å². The quantitative estimate of drug-likeness (QED) is 0.650. The molecule has 1 heterocycles. The van der Waals surface area contributed by atoms with Crippen LogP contribution in [0.15, 0.2) is 59.8 Å². The Morgan fingerprint density at radius 1 is 1.12 bits per heavy atom. The number of thioether (sulfide) groups is 1. The first-order chi connectivity index (χ1) is 12.7. The molecule has 26 heavy (non-hydrogen) atoms. The number of carbonyl (C=O) groups is 1. The van der Waals surface area contributed by atoms with E-state index in [1.54, 1.807) is 7.11 Å². The monoisotopic (exact) mass is 368 g/mol. The summed E-state index contributed by atoms with van der Waals surface area (Å²) >= 11 is 1.36. The number of aromatic nitrogens is 3. The molecule has 0 spiro atoms. The van der Waals surface area contributed by atoms with E-state index in [-0.39, 0.29) is 11.7 Å². The predicted octanol–water partition coefficient (Wildman–Crippen LogP) is 2.90. The molecule has 0 aliphatic rings. The lowest BCUT2D eigenvalue weighted by atomic mass is 10.2. The van der Waals surface area contributed by atoms with E-state index in [4.69, 9.17) is 4.74 Å². The van der Waals surface area contributed by atoms with Crippen molar-refractivity contribution in [3.63, 3.8) is 0 Å². The Morgan fingerprint density at radius 3 is 2.62 bits per heavy atom. The molecule has 0 saturated carbocycles. The van der Waals surface area contributed by atoms with Gasteiger partial charge >= 0.3 is 0 Å². The van der Waals surface area contributed by atoms with Crippen molar-refractivity contribution in [1.82, 2.24) is 20.1 Å². The van der Waals surface area contributed by atoms with Crippen molar-refractivity contribution in [2.24, 2.45) is 7.05 Å². The van der Waals surface area contributed by atoms with Gasteiger partial charge in [-0.2, -0.15) is 0 Å². The Morgan fingerprint density at radius 2 is 1.85 bits per heavy atom. The van der Waals surface area contributed by atoms with Crippen LogP contribution in [0.4, 0.5) is 0 Å². The van der Waals surface area contributed by atoms with E-state index in [0.29, 0.717) is 11.7 Å². The predicted molar refractivity (Wildman–Crippen MR) is 102 cm³/mol. The summed E-state index contributed by atoms with van der Waals surface area (Å²) < 4.78 is 7.19. The third-order valence-electron chi connectivity index (χ3n) is 3.87. The zero-order chi connectivity index (χ0) is 18.4. The molecule has 134 valence electrons. The van der Waals surface area contributed by atoms with Crippen LogP contribution in [0.3, 0.4) is 0 Å². The van der Waals surface area contributed by atoms with Gasteiger partial charge in [0.2, 0.25) is 5.91 Å². The molecule has 0 aliphatic heterocycles. The lowest BCUT2D eigenvalue weighted by molar-refractivity contribution is -0.118. The summed E-state index contributed by atoms with van der Waals surface area (Å²) in [5.74, 6) is 1.75.